The van der Waals surface area contributed by atoms with Gasteiger partial charge in [-0.05, 0) is 101 Å². The van der Waals surface area contributed by atoms with E-state index in [9.17, 15) is 29.6 Å². The Hall–Kier alpha value is -6.83. The summed E-state index contributed by atoms with van der Waals surface area (Å²) in [6.45, 7) is 19.4. The minimum Gasteiger partial charge on any atom is -0.502 e. The lowest BCUT2D eigenvalue weighted by molar-refractivity contribution is -0.385. The number of rotatable bonds is 14. The third kappa shape index (κ3) is 13.0. The van der Waals surface area contributed by atoms with Gasteiger partial charge >= 0.3 is 5.69 Å². The Balaban J connectivity index is 1.52. The van der Waals surface area contributed by atoms with Crippen molar-refractivity contribution in [3.8, 4) is 5.75 Å². The number of epoxide rings is 1. The molecule has 0 aliphatic carbocycles. The second kappa shape index (κ2) is 24.4. The molecule has 20 heteroatoms. The van der Waals surface area contributed by atoms with Crippen molar-refractivity contribution in [1.29, 1.82) is 0 Å². The summed E-state index contributed by atoms with van der Waals surface area (Å²) in [5, 5.41) is 34.5. The third-order valence-corrected chi connectivity index (χ3v) is 15.4. The maximum atomic E-state index is 15.4. The molecule has 0 spiro atoms. The molecule has 7 amide bonds. The van der Waals surface area contributed by atoms with Gasteiger partial charge in [0.05, 0.1) is 17.1 Å². The number of fused-ring (bicyclic) bond motifs is 3. The van der Waals surface area contributed by atoms with Crippen molar-refractivity contribution < 1.29 is 48.3 Å². The lowest BCUT2D eigenvalue weighted by Crippen LogP contribution is -2.66. The highest BCUT2D eigenvalue weighted by Gasteiger charge is 2.48. The van der Waals surface area contributed by atoms with E-state index in [0.717, 1.165) is 23.0 Å². The number of ether oxygens (including phenoxy) is 1. The number of nitrogens with zero attached hydrogens (tertiary/aromatic N) is 5. The van der Waals surface area contributed by atoms with Crippen molar-refractivity contribution in [2.45, 2.75) is 174 Å². The standard InChI is InChI=1S/C56H79N9O11/c1-13-15-19-38-49(67)60-40(28-36-29-63(56(9,10)48-30-76-48)42-20-17-16-18-37(36)42)54(72)61(11)44(23-31(3)4)51(69)59-39(26-35-21-22-47(66)43(27-35)65(74)75)50(68)57-34(8)53(71)62(12)46-25-33(7)41(14-2)64(55(46)73)45(24-32(5)6)52(70)58-38/h13,15-18,20-22,27,29,31-34,38-41,44-46,48,66H,14,19,23-26,28,30H2,1-12H3,(H,57,68)(H,58,70)(H,59,69)(H,60,67)/b15-13+/t33?,34-,38-,39-,40-,41+,44-,45-,46-,48+/m0/s1. The number of hydrogen-bond donors (Lipinski definition) is 5. The van der Waals surface area contributed by atoms with E-state index >= 15 is 19.2 Å². The number of hydrogen-bond acceptors (Lipinski definition) is 11. The Morgan fingerprint density at radius 2 is 1.41 bits per heavy atom. The first-order chi connectivity index (χ1) is 35.8. The normalized spacial score (nSPS) is 26.9. The van der Waals surface area contributed by atoms with Crippen LogP contribution in [-0.2, 0) is 56.7 Å². The molecule has 3 aliphatic heterocycles. The van der Waals surface area contributed by atoms with Crippen LogP contribution < -0.4 is 21.3 Å². The van der Waals surface area contributed by atoms with Gasteiger partial charge in [-0.25, -0.2) is 0 Å². The van der Waals surface area contributed by atoms with Gasteiger partial charge in [-0.2, -0.15) is 0 Å². The average Bonchev–Trinajstić information content (AvgIpc) is 4.17. The zero-order valence-corrected chi connectivity index (χ0v) is 46.1. The van der Waals surface area contributed by atoms with Crippen molar-refractivity contribution in [3.05, 3.63) is 82.1 Å². The highest BCUT2D eigenvalue weighted by atomic mass is 16.6. The Kier molecular flexibility index (Phi) is 18.8. The van der Waals surface area contributed by atoms with Gasteiger partial charge in [0, 0.05) is 56.1 Å². The molecule has 20 nitrogen and oxygen atoms in total. The van der Waals surface area contributed by atoms with E-state index in [2.05, 4.69) is 39.7 Å². The topological polar surface area (TPSA) is 258 Å². The first-order valence-electron chi connectivity index (χ1n) is 26.7. The van der Waals surface area contributed by atoms with Crippen LogP contribution >= 0.6 is 0 Å². The van der Waals surface area contributed by atoms with E-state index in [0.29, 0.717) is 18.6 Å². The second-order valence-electron chi connectivity index (χ2n) is 22.4. The minimum atomic E-state index is -1.50. The Labute approximate surface area is 445 Å². The number of amides is 7. The molecule has 2 bridgehead atoms. The number of nitro groups is 1. The fraction of sp³-hybridized carbons (Fsp3) is 0.589. The van der Waals surface area contributed by atoms with Crippen LogP contribution in [0.25, 0.3) is 10.9 Å². The lowest BCUT2D eigenvalue weighted by atomic mass is 9.83. The van der Waals surface area contributed by atoms with Gasteiger partial charge in [0.15, 0.2) is 5.75 Å². The minimum absolute atomic E-state index is 0.0262. The van der Waals surface area contributed by atoms with Gasteiger partial charge in [-0.1, -0.05) is 78.0 Å². The number of piperidine rings is 1. The second-order valence-corrected chi connectivity index (χ2v) is 22.4. The fourth-order valence-electron chi connectivity index (χ4n) is 11.0. The van der Waals surface area contributed by atoms with Crippen molar-refractivity contribution in [2.75, 3.05) is 20.7 Å². The highest BCUT2D eigenvalue weighted by molar-refractivity contribution is 5.99. The molecule has 0 saturated carbocycles. The number of phenols is 1. The SMILES string of the molecule is C/C=C/C[C@@H]1NC(=O)[C@H](CC(C)C)N2C(=O)[C@H](CC(C)[C@H]2CC)N(C)C(=O)[C@H](C)NC(=O)[C@H](Cc2ccc(O)c([N+](=O)[O-])c2)NC(=O)[C@H](CC(C)C)N(C)C(=O)[C@H](Cc2cn(C(C)(C)[C@H]3CO3)c3ccccc23)NC1=O. The molecule has 4 heterocycles. The molecule has 1 aromatic heterocycles. The fourth-order valence-corrected chi connectivity index (χ4v) is 11.0. The van der Waals surface area contributed by atoms with Crippen LogP contribution in [-0.4, -0.2) is 146 Å². The molecule has 5 N–H and O–H groups in total. The van der Waals surface area contributed by atoms with Gasteiger partial charge in [0.25, 0.3) is 0 Å². The number of carbonyl (C=O) groups excluding carboxylic acids is 7. The highest BCUT2D eigenvalue weighted by Crippen LogP contribution is 2.37. The van der Waals surface area contributed by atoms with Crippen LogP contribution in [0.4, 0.5) is 5.69 Å². The van der Waals surface area contributed by atoms with Gasteiger partial charge < -0.3 is 50.4 Å². The van der Waals surface area contributed by atoms with E-state index in [4.69, 9.17) is 4.74 Å². The summed E-state index contributed by atoms with van der Waals surface area (Å²) in [6, 6.07) is 2.13. The molecule has 0 radical (unpaired) electrons. The molecule has 3 aromatic rings. The number of nitro benzene ring substituents is 1. The molecule has 76 heavy (non-hydrogen) atoms. The van der Waals surface area contributed by atoms with Gasteiger partial charge in [0.2, 0.25) is 41.4 Å². The zero-order chi connectivity index (χ0) is 56.1. The molecule has 3 fully saturated rings. The van der Waals surface area contributed by atoms with Crippen LogP contribution in [0, 0.1) is 27.9 Å². The monoisotopic (exact) mass is 1050 g/mol. The molecule has 3 aliphatic rings. The number of carbonyl (C=O) groups is 7. The number of nitrogens with one attached hydrogen (secondary N) is 4. The zero-order valence-electron chi connectivity index (χ0n) is 46.1. The number of allylic oxidation sites excluding steroid dienone is 1. The molecule has 414 valence electrons. The predicted molar refractivity (Wildman–Crippen MR) is 287 cm³/mol. The quantitative estimate of drug-likeness (QED) is 0.0630. The van der Waals surface area contributed by atoms with Crippen LogP contribution in [0.5, 0.6) is 5.75 Å². The summed E-state index contributed by atoms with van der Waals surface area (Å²) >= 11 is 0. The Bertz CT molecular complexity index is 2700. The van der Waals surface area contributed by atoms with E-state index in [-0.39, 0.29) is 67.9 Å². The van der Waals surface area contributed by atoms with Crippen molar-refractivity contribution >= 4 is 57.9 Å². The Morgan fingerprint density at radius 3 is 2.03 bits per heavy atom. The van der Waals surface area contributed by atoms with Gasteiger partial charge in [0.1, 0.15) is 48.4 Å². The summed E-state index contributed by atoms with van der Waals surface area (Å²) in [5.41, 5.74) is 0.647. The summed E-state index contributed by atoms with van der Waals surface area (Å²) < 4.78 is 7.88. The van der Waals surface area contributed by atoms with E-state index in [1.165, 1.54) is 36.9 Å². The van der Waals surface area contributed by atoms with Crippen LogP contribution in [0.3, 0.4) is 0 Å². The number of phenolic OH excluding ortho intramolecular Hbond substituents is 1. The summed E-state index contributed by atoms with van der Waals surface area (Å²) in [4.78, 5) is 120. The van der Waals surface area contributed by atoms with Crippen molar-refractivity contribution in [3.63, 3.8) is 0 Å². The smallest absolute Gasteiger partial charge is 0.310 e. The summed E-state index contributed by atoms with van der Waals surface area (Å²) in [5.74, 6) is -5.77. The molecular formula is C56H79N9O11. The van der Waals surface area contributed by atoms with E-state index in [1.807, 2.05) is 72.0 Å². The van der Waals surface area contributed by atoms with Crippen LogP contribution in [0.15, 0.2) is 60.8 Å². The van der Waals surface area contributed by atoms with Gasteiger partial charge in [-0.3, -0.25) is 43.7 Å². The Morgan fingerprint density at radius 1 is 0.803 bits per heavy atom. The first kappa shape index (κ1) is 58.4. The maximum absolute atomic E-state index is 15.4. The predicted octanol–water partition coefficient (Wildman–Crippen LogP) is 4.87. The molecule has 2 aromatic carbocycles. The number of para-hydroxylation sites is 1. The van der Waals surface area contributed by atoms with Crippen molar-refractivity contribution in [2.24, 2.45) is 17.8 Å². The molecule has 1 unspecified atom stereocenters. The molecular weight excluding hydrogens is 975 g/mol. The summed E-state index contributed by atoms with van der Waals surface area (Å²) in [7, 11) is 2.91. The van der Waals surface area contributed by atoms with E-state index in [1.54, 1.807) is 24.0 Å². The van der Waals surface area contributed by atoms with E-state index < -0.39 is 112 Å². The third-order valence-electron chi connectivity index (χ3n) is 15.4. The van der Waals surface area contributed by atoms with Crippen molar-refractivity contribution in [1.82, 2.24) is 40.5 Å². The number of aromatic nitrogens is 1. The average molecular weight is 1050 g/mol. The lowest BCUT2D eigenvalue weighted by Gasteiger charge is -2.48. The maximum Gasteiger partial charge on any atom is 0.310 e. The van der Waals surface area contributed by atoms with Crippen LogP contribution in [0.2, 0.25) is 0 Å². The number of aromatic hydroxyl groups is 1. The van der Waals surface area contributed by atoms with Gasteiger partial charge in [-0.15, -0.1) is 0 Å². The first-order valence-corrected chi connectivity index (χ1v) is 26.7. The molecule has 6 rings (SSSR count). The summed E-state index contributed by atoms with van der Waals surface area (Å²) in [6.07, 6.45) is 6.04. The molecule has 10 atom stereocenters. The molecule has 3 saturated heterocycles. The number of benzene rings is 2. The van der Waals surface area contributed by atoms with Crippen LogP contribution in [0.1, 0.15) is 112 Å². The number of likely N-dealkylation sites (N-methyl/N-ethyl adjacent to an activating group) is 2. The largest absolute Gasteiger partial charge is 0.502 e.